The van der Waals surface area contributed by atoms with Gasteiger partial charge < -0.3 is 19.7 Å². The zero-order valence-electron chi connectivity index (χ0n) is 10.2. The first-order chi connectivity index (χ1) is 7.20. The lowest BCUT2D eigenvalue weighted by Crippen LogP contribution is -2.47. The smallest absolute Gasteiger partial charge is 0.337 e. The van der Waals surface area contributed by atoms with Crippen molar-refractivity contribution in [2.75, 3.05) is 7.11 Å². The Morgan fingerprint density at radius 3 is 2.56 bits per heavy atom. The van der Waals surface area contributed by atoms with Crippen LogP contribution in [0.25, 0.3) is 0 Å². The van der Waals surface area contributed by atoms with Crippen LogP contribution in [0.4, 0.5) is 0 Å². The summed E-state index contributed by atoms with van der Waals surface area (Å²) < 4.78 is 10.1. The summed E-state index contributed by atoms with van der Waals surface area (Å²) in [5.74, 6) is -0.709. The Morgan fingerprint density at radius 1 is 1.62 bits per heavy atom. The highest BCUT2D eigenvalue weighted by atomic mass is 16.6. The number of rotatable bonds is 3. The average Bonchev–Trinajstić information content (AvgIpc) is 2.59. The lowest BCUT2D eigenvalue weighted by atomic mass is 9.93. The fraction of sp³-hybridized carbons (Fsp3) is 0.909. The Hall–Kier alpha value is -0.650. The molecule has 94 valence electrons. The number of aliphatic hydroxyl groups is 2. The molecule has 0 aromatic carbocycles. The zero-order chi connectivity index (χ0) is 12.6. The van der Waals surface area contributed by atoms with Crippen LogP contribution >= 0.6 is 0 Å². The second-order valence-electron chi connectivity index (χ2n) is 5.04. The number of ether oxygens (including phenoxy) is 2. The fourth-order valence-electron chi connectivity index (χ4n) is 1.92. The van der Waals surface area contributed by atoms with Gasteiger partial charge in [0.15, 0.2) is 6.10 Å². The number of hydrogen-bond donors (Lipinski definition) is 2. The van der Waals surface area contributed by atoms with Crippen molar-refractivity contribution in [1.29, 1.82) is 0 Å². The minimum absolute atomic E-state index is 0.378. The van der Waals surface area contributed by atoms with Crippen LogP contribution in [0.15, 0.2) is 0 Å². The van der Waals surface area contributed by atoms with Crippen molar-refractivity contribution in [3.05, 3.63) is 0 Å². The summed E-state index contributed by atoms with van der Waals surface area (Å²) in [7, 11) is 1.22. The van der Waals surface area contributed by atoms with Crippen LogP contribution in [0.2, 0.25) is 0 Å². The van der Waals surface area contributed by atoms with Crippen molar-refractivity contribution in [1.82, 2.24) is 0 Å². The van der Waals surface area contributed by atoms with Gasteiger partial charge in [0.25, 0.3) is 0 Å². The highest BCUT2D eigenvalue weighted by Gasteiger charge is 2.49. The van der Waals surface area contributed by atoms with Crippen molar-refractivity contribution >= 4 is 5.97 Å². The average molecular weight is 232 g/mol. The first kappa shape index (κ1) is 13.4. The molecule has 1 rings (SSSR count). The molecule has 5 nitrogen and oxygen atoms in total. The molecule has 5 heteroatoms. The van der Waals surface area contributed by atoms with Gasteiger partial charge in [0.05, 0.1) is 18.8 Å². The van der Waals surface area contributed by atoms with Crippen molar-refractivity contribution in [2.24, 2.45) is 0 Å². The zero-order valence-corrected chi connectivity index (χ0v) is 10.2. The van der Waals surface area contributed by atoms with E-state index in [-0.39, 0.29) is 6.10 Å². The van der Waals surface area contributed by atoms with E-state index >= 15 is 0 Å². The van der Waals surface area contributed by atoms with Crippen LogP contribution in [0.1, 0.15) is 33.6 Å². The Labute approximate surface area is 95.4 Å². The molecule has 0 aromatic rings. The predicted octanol–water partition coefficient (Wildman–Crippen LogP) is 0.229. The minimum Gasteiger partial charge on any atom is -0.467 e. The summed E-state index contributed by atoms with van der Waals surface area (Å²) in [4.78, 5) is 11.2. The van der Waals surface area contributed by atoms with E-state index in [1.807, 2.05) is 0 Å². The van der Waals surface area contributed by atoms with E-state index in [4.69, 9.17) is 4.74 Å². The van der Waals surface area contributed by atoms with Gasteiger partial charge in [0.2, 0.25) is 0 Å². The van der Waals surface area contributed by atoms with Gasteiger partial charge >= 0.3 is 5.97 Å². The lowest BCUT2D eigenvalue weighted by Gasteiger charge is -2.32. The molecule has 0 amide bonds. The molecule has 0 spiro atoms. The lowest BCUT2D eigenvalue weighted by molar-refractivity contribution is -0.181. The molecule has 1 heterocycles. The summed E-state index contributed by atoms with van der Waals surface area (Å²) in [5, 5.41) is 19.6. The highest BCUT2D eigenvalue weighted by molar-refractivity contribution is 5.75. The van der Waals surface area contributed by atoms with Crippen molar-refractivity contribution in [3.63, 3.8) is 0 Å². The van der Waals surface area contributed by atoms with E-state index in [0.717, 1.165) is 0 Å². The summed E-state index contributed by atoms with van der Waals surface area (Å²) >= 11 is 0. The predicted molar refractivity (Wildman–Crippen MR) is 56.8 cm³/mol. The van der Waals surface area contributed by atoms with Crippen molar-refractivity contribution in [3.8, 4) is 0 Å². The number of aliphatic hydroxyl groups excluding tert-OH is 1. The third kappa shape index (κ3) is 2.53. The quantitative estimate of drug-likeness (QED) is 0.681. The molecule has 1 saturated heterocycles. The molecule has 0 aliphatic carbocycles. The van der Waals surface area contributed by atoms with E-state index in [9.17, 15) is 15.0 Å². The number of hydrogen-bond acceptors (Lipinski definition) is 5. The van der Waals surface area contributed by atoms with Gasteiger partial charge in [0, 0.05) is 0 Å². The van der Waals surface area contributed by atoms with Crippen LogP contribution < -0.4 is 0 Å². The van der Waals surface area contributed by atoms with Crippen LogP contribution in [0.3, 0.4) is 0 Å². The van der Waals surface area contributed by atoms with Crippen molar-refractivity contribution in [2.45, 2.75) is 57.0 Å². The maximum Gasteiger partial charge on any atom is 0.337 e. The molecule has 16 heavy (non-hydrogen) atoms. The summed E-state index contributed by atoms with van der Waals surface area (Å²) in [6, 6.07) is 0. The highest BCUT2D eigenvalue weighted by Crippen LogP contribution is 2.37. The molecule has 0 unspecified atom stereocenters. The van der Waals surface area contributed by atoms with E-state index in [2.05, 4.69) is 4.74 Å². The number of carbonyl (C=O) groups is 1. The Balaban J connectivity index is 2.72. The fourth-order valence-corrected chi connectivity index (χ4v) is 1.92. The van der Waals surface area contributed by atoms with Crippen LogP contribution in [0, 0.1) is 0 Å². The normalized spacial score (nSPS) is 32.5. The summed E-state index contributed by atoms with van der Waals surface area (Å²) in [6.07, 6.45) is -0.576. The number of carbonyl (C=O) groups excluding carboxylic acids is 1. The van der Waals surface area contributed by atoms with Gasteiger partial charge in [-0.1, -0.05) is 0 Å². The van der Waals surface area contributed by atoms with Gasteiger partial charge in [0.1, 0.15) is 5.60 Å². The van der Waals surface area contributed by atoms with Gasteiger partial charge in [-0.25, -0.2) is 4.79 Å². The first-order valence-corrected chi connectivity index (χ1v) is 5.37. The number of methoxy groups -OCH3 is 1. The van der Waals surface area contributed by atoms with Gasteiger partial charge in [-0.15, -0.1) is 0 Å². The van der Waals surface area contributed by atoms with Crippen molar-refractivity contribution < 1.29 is 24.5 Å². The Morgan fingerprint density at radius 2 is 2.19 bits per heavy atom. The van der Waals surface area contributed by atoms with E-state index < -0.39 is 23.3 Å². The largest absolute Gasteiger partial charge is 0.467 e. The van der Waals surface area contributed by atoms with Gasteiger partial charge in [-0.3, -0.25) is 0 Å². The molecular weight excluding hydrogens is 212 g/mol. The molecule has 1 aliphatic rings. The van der Waals surface area contributed by atoms with E-state index in [1.165, 1.54) is 7.11 Å². The molecule has 0 aromatic heterocycles. The number of esters is 1. The molecule has 2 N–H and O–H groups in total. The van der Waals surface area contributed by atoms with Gasteiger partial charge in [-0.2, -0.15) is 0 Å². The minimum atomic E-state index is -1.31. The molecule has 1 fully saturated rings. The molecular formula is C11H20O5. The van der Waals surface area contributed by atoms with Crippen LogP contribution in [-0.4, -0.2) is 46.7 Å². The molecule has 1 aliphatic heterocycles. The van der Waals surface area contributed by atoms with Crippen LogP contribution in [0.5, 0.6) is 0 Å². The third-order valence-electron chi connectivity index (χ3n) is 3.11. The second kappa shape index (κ2) is 4.31. The van der Waals surface area contributed by atoms with E-state index in [1.54, 1.807) is 20.8 Å². The van der Waals surface area contributed by atoms with Crippen LogP contribution in [-0.2, 0) is 14.3 Å². The molecule has 0 saturated carbocycles. The second-order valence-corrected chi connectivity index (χ2v) is 5.04. The SMILES string of the molecule is COC(=O)[C@@H](O)[C@@]1(C)CC[C@@H](C(C)(C)O)O1. The maximum atomic E-state index is 11.2. The summed E-state index contributed by atoms with van der Waals surface area (Å²) in [6.45, 7) is 4.95. The Kier molecular flexibility index (Phi) is 3.62. The molecule has 0 radical (unpaired) electrons. The molecule has 0 bridgehead atoms. The summed E-state index contributed by atoms with van der Waals surface area (Å²) in [5.41, 5.74) is -1.95. The Bertz CT molecular complexity index is 270. The first-order valence-electron chi connectivity index (χ1n) is 5.37. The van der Waals surface area contributed by atoms with Gasteiger partial charge in [-0.05, 0) is 33.6 Å². The standard InChI is InChI=1S/C11H20O5/c1-10(2,14)7-5-6-11(3,16-7)8(12)9(13)15-4/h7-8,12,14H,5-6H2,1-4H3/t7-,8+,11+/m0/s1. The monoisotopic (exact) mass is 232 g/mol. The third-order valence-corrected chi connectivity index (χ3v) is 3.11. The molecule has 3 atom stereocenters. The van der Waals surface area contributed by atoms with E-state index in [0.29, 0.717) is 12.8 Å². The topological polar surface area (TPSA) is 76.0 Å². The maximum absolute atomic E-state index is 11.2.